The Labute approximate surface area is 202 Å². The number of hydrogen-bond acceptors (Lipinski definition) is 9. The Hall–Kier alpha value is -3.83. The van der Waals surface area contributed by atoms with Crippen LogP contribution in [0.2, 0.25) is 0 Å². The van der Waals surface area contributed by atoms with Gasteiger partial charge in [0, 0.05) is 23.6 Å². The van der Waals surface area contributed by atoms with Gasteiger partial charge in [0.25, 0.3) is 5.91 Å². The van der Waals surface area contributed by atoms with Crippen molar-refractivity contribution in [3.05, 3.63) is 77.7 Å². The maximum Gasteiger partial charge on any atom is 0.294 e. The molecule has 1 aliphatic heterocycles. The number of carbonyl (C=O) groups is 2. The van der Waals surface area contributed by atoms with Gasteiger partial charge >= 0.3 is 0 Å². The van der Waals surface area contributed by atoms with Gasteiger partial charge in [-0.15, -0.1) is 0 Å². The van der Waals surface area contributed by atoms with Crippen molar-refractivity contribution in [2.24, 2.45) is 5.10 Å². The smallest absolute Gasteiger partial charge is 0.294 e. The molecule has 0 saturated heterocycles. The molecule has 10 nitrogen and oxygen atoms in total. The molecule has 3 aromatic rings. The highest BCUT2D eigenvalue weighted by atomic mass is 32.2. The zero-order valence-electron chi connectivity index (χ0n) is 19.1. The lowest BCUT2D eigenvalue weighted by Crippen LogP contribution is -2.45. The summed E-state index contributed by atoms with van der Waals surface area (Å²) in [5.74, 6) is -0.312. The average Bonchev–Trinajstić information content (AvgIpc) is 3.40. The highest BCUT2D eigenvalue weighted by Crippen LogP contribution is 2.24. The van der Waals surface area contributed by atoms with Crippen LogP contribution in [0, 0.1) is 0 Å². The fourth-order valence-electron chi connectivity index (χ4n) is 3.60. The van der Waals surface area contributed by atoms with E-state index in [-0.39, 0.29) is 17.2 Å². The molecule has 0 saturated carbocycles. The summed E-state index contributed by atoms with van der Waals surface area (Å²) in [5.41, 5.74) is 2.73. The van der Waals surface area contributed by atoms with Gasteiger partial charge in [-0.25, -0.2) is 8.42 Å². The molecule has 2 atom stereocenters. The van der Waals surface area contributed by atoms with E-state index >= 15 is 0 Å². The SMILES string of the molecule is CC[C@H]1OC(C=O)N(Cc2ccc(NC(=O)c3ccno3)cc2)N=C1c1ccc(S(C)(=O)=O)cc1. The van der Waals surface area contributed by atoms with E-state index in [4.69, 9.17) is 14.4 Å². The van der Waals surface area contributed by atoms with Crippen molar-refractivity contribution in [3.63, 3.8) is 0 Å². The number of ether oxygens (including phenoxy) is 1. The standard InChI is InChI=1S/C24H24N4O6S/c1-3-20-23(17-6-10-19(11-7-17)35(2,31)32)27-28(22(15-29)33-20)14-16-4-8-18(9-5-16)26-24(30)21-12-13-25-34-21/h4-13,15,20,22H,3,14H2,1-2H3,(H,26,30)/t20-,22?/m1/s1. The van der Waals surface area contributed by atoms with Gasteiger partial charge in [-0.2, -0.15) is 5.10 Å². The quantitative estimate of drug-likeness (QED) is 0.471. The van der Waals surface area contributed by atoms with Gasteiger partial charge in [-0.3, -0.25) is 14.6 Å². The lowest BCUT2D eigenvalue weighted by atomic mass is 10.0. The summed E-state index contributed by atoms with van der Waals surface area (Å²) in [4.78, 5) is 24.1. The second-order valence-corrected chi connectivity index (χ2v) is 9.98. The van der Waals surface area contributed by atoms with Crippen LogP contribution in [0.15, 0.2) is 75.3 Å². The summed E-state index contributed by atoms with van der Waals surface area (Å²) in [6, 6.07) is 15.0. The van der Waals surface area contributed by atoms with Crippen LogP contribution < -0.4 is 5.32 Å². The summed E-state index contributed by atoms with van der Waals surface area (Å²) in [7, 11) is -3.32. The number of sulfone groups is 1. The Balaban J connectivity index is 1.54. The number of hydrazone groups is 1. The molecule has 2 heterocycles. The van der Waals surface area contributed by atoms with E-state index < -0.39 is 28.1 Å². The summed E-state index contributed by atoms with van der Waals surface area (Å²) < 4.78 is 34.4. The highest BCUT2D eigenvalue weighted by molar-refractivity contribution is 7.90. The third kappa shape index (κ3) is 5.64. The molecule has 182 valence electrons. The number of benzene rings is 2. The van der Waals surface area contributed by atoms with Crippen LogP contribution in [0.25, 0.3) is 0 Å². The van der Waals surface area contributed by atoms with E-state index in [0.717, 1.165) is 11.8 Å². The Morgan fingerprint density at radius 2 is 1.83 bits per heavy atom. The van der Waals surface area contributed by atoms with Gasteiger partial charge in [0.15, 0.2) is 16.1 Å². The van der Waals surface area contributed by atoms with Crippen molar-refractivity contribution in [2.75, 3.05) is 11.6 Å². The molecular formula is C24H24N4O6S. The molecule has 11 heteroatoms. The first kappa shape index (κ1) is 24.3. The maximum absolute atomic E-state index is 12.1. The van der Waals surface area contributed by atoms with Crippen LogP contribution in [0.3, 0.4) is 0 Å². The van der Waals surface area contributed by atoms with Gasteiger partial charge in [0.05, 0.1) is 23.3 Å². The molecule has 1 aromatic heterocycles. The summed E-state index contributed by atoms with van der Waals surface area (Å²) in [6.07, 6.45) is 2.54. The number of rotatable bonds is 8. The molecular weight excluding hydrogens is 472 g/mol. The number of amides is 1. The Kier molecular flexibility index (Phi) is 7.08. The zero-order chi connectivity index (χ0) is 25.0. The number of nitrogens with zero attached hydrogens (tertiary/aromatic N) is 3. The lowest BCUT2D eigenvalue weighted by molar-refractivity contribution is -0.139. The largest absolute Gasteiger partial charge is 0.351 e. The molecule has 1 amide bonds. The van der Waals surface area contributed by atoms with Crippen molar-refractivity contribution in [1.29, 1.82) is 0 Å². The minimum absolute atomic E-state index is 0.102. The van der Waals surface area contributed by atoms with E-state index in [1.165, 1.54) is 24.4 Å². The van der Waals surface area contributed by atoms with Crippen LogP contribution in [-0.4, -0.2) is 55.1 Å². The van der Waals surface area contributed by atoms with Crippen LogP contribution in [-0.2, 0) is 25.9 Å². The molecule has 0 radical (unpaired) electrons. The molecule has 35 heavy (non-hydrogen) atoms. The Bertz CT molecular complexity index is 1320. The third-order valence-corrected chi connectivity index (χ3v) is 6.55. The fraction of sp³-hybridized carbons (Fsp3) is 0.250. The fourth-order valence-corrected chi connectivity index (χ4v) is 4.23. The van der Waals surface area contributed by atoms with Gasteiger partial charge < -0.3 is 14.6 Å². The van der Waals surface area contributed by atoms with Crippen molar-refractivity contribution >= 4 is 33.4 Å². The number of anilines is 1. The van der Waals surface area contributed by atoms with Crippen LogP contribution in [0.4, 0.5) is 5.69 Å². The highest BCUT2D eigenvalue weighted by Gasteiger charge is 2.31. The van der Waals surface area contributed by atoms with Gasteiger partial charge in [0.2, 0.25) is 12.0 Å². The molecule has 0 fully saturated rings. The average molecular weight is 497 g/mol. The number of carbonyl (C=O) groups excluding carboxylic acids is 2. The van der Waals surface area contributed by atoms with Gasteiger partial charge in [-0.05, 0) is 36.2 Å². The lowest BCUT2D eigenvalue weighted by Gasteiger charge is -2.35. The summed E-state index contributed by atoms with van der Waals surface area (Å²) in [6.45, 7) is 2.20. The summed E-state index contributed by atoms with van der Waals surface area (Å²) in [5, 5.41) is 12.5. The second-order valence-electron chi connectivity index (χ2n) is 7.97. The second kappa shape index (κ2) is 10.2. The molecule has 4 rings (SSSR count). The van der Waals surface area contributed by atoms with E-state index in [0.29, 0.717) is 29.7 Å². The molecule has 1 N–H and O–H groups in total. The van der Waals surface area contributed by atoms with Crippen molar-refractivity contribution in [1.82, 2.24) is 10.2 Å². The van der Waals surface area contributed by atoms with Gasteiger partial charge in [-0.1, -0.05) is 36.3 Å². The van der Waals surface area contributed by atoms with E-state index in [2.05, 4.69) is 10.5 Å². The van der Waals surface area contributed by atoms with E-state index in [9.17, 15) is 18.0 Å². The van der Waals surface area contributed by atoms with Crippen molar-refractivity contribution in [3.8, 4) is 0 Å². The Morgan fingerprint density at radius 3 is 2.40 bits per heavy atom. The first-order valence-corrected chi connectivity index (χ1v) is 12.7. The molecule has 0 bridgehead atoms. The van der Waals surface area contributed by atoms with Crippen LogP contribution >= 0.6 is 0 Å². The number of nitrogens with one attached hydrogen (secondary N) is 1. The first-order chi connectivity index (χ1) is 16.8. The Morgan fingerprint density at radius 1 is 1.11 bits per heavy atom. The minimum atomic E-state index is -3.32. The molecule has 2 aromatic carbocycles. The number of aldehydes is 1. The van der Waals surface area contributed by atoms with Crippen molar-refractivity contribution < 1.29 is 27.3 Å². The zero-order valence-corrected chi connectivity index (χ0v) is 19.9. The topological polar surface area (TPSA) is 131 Å². The maximum atomic E-state index is 12.1. The predicted octanol–water partition coefficient (Wildman–Crippen LogP) is 2.87. The summed E-state index contributed by atoms with van der Waals surface area (Å²) >= 11 is 0. The monoisotopic (exact) mass is 496 g/mol. The van der Waals surface area contributed by atoms with E-state index in [1.807, 2.05) is 6.92 Å². The number of hydrogen-bond donors (Lipinski definition) is 1. The van der Waals surface area contributed by atoms with Crippen molar-refractivity contribution in [2.45, 2.75) is 37.1 Å². The van der Waals surface area contributed by atoms with Crippen LogP contribution in [0.1, 0.15) is 35.0 Å². The van der Waals surface area contributed by atoms with Crippen LogP contribution in [0.5, 0.6) is 0 Å². The van der Waals surface area contributed by atoms with E-state index in [1.54, 1.807) is 41.4 Å². The molecule has 1 unspecified atom stereocenters. The van der Waals surface area contributed by atoms with Gasteiger partial charge in [0.1, 0.15) is 6.10 Å². The molecule has 0 aliphatic carbocycles. The normalized spacial score (nSPS) is 18.1. The third-order valence-electron chi connectivity index (χ3n) is 5.42. The predicted molar refractivity (Wildman–Crippen MR) is 128 cm³/mol. The number of aromatic nitrogens is 1. The molecule has 0 spiro atoms. The first-order valence-electron chi connectivity index (χ1n) is 10.9. The minimum Gasteiger partial charge on any atom is -0.351 e. The molecule has 1 aliphatic rings.